The van der Waals surface area contributed by atoms with Crippen LogP contribution in [-0.2, 0) is 28.3 Å². The van der Waals surface area contributed by atoms with E-state index in [-0.39, 0.29) is 10.8 Å². The van der Waals surface area contributed by atoms with Crippen LogP contribution in [0, 0.1) is 11.8 Å². The molecule has 0 radical (unpaired) electrons. The van der Waals surface area contributed by atoms with Crippen LogP contribution in [0.5, 0.6) is 0 Å². The van der Waals surface area contributed by atoms with E-state index in [2.05, 4.69) is 32.7 Å². The van der Waals surface area contributed by atoms with Crippen molar-refractivity contribution in [1.82, 2.24) is 18.8 Å². The van der Waals surface area contributed by atoms with Crippen molar-refractivity contribution in [2.45, 2.75) is 45.4 Å². The number of rotatable bonds is 9. The molecule has 2 rings (SSSR count). The highest BCUT2D eigenvalue weighted by molar-refractivity contribution is 7.89. The molecule has 8 heteroatoms. The van der Waals surface area contributed by atoms with E-state index in [0.29, 0.717) is 30.2 Å². The minimum absolute atomic E-state index is 0.135. The predicted molar refractivity (Wildman–Crippen MR) is 116 cm³/mol. The Kier molecular flexibility index (Phi) is 7.45. The molecule has 0 bridgehead atoms. The lowest BCUT2D eigenvalue weighted by atomic mass is 10.1. The van der Waals surface area contributed by atoms with Gasteiger partial charge in [-0.3, -0.25) is 4.79 Å². The number of fused-ring (bicyclic) bond motifs is 1. The summed E-state index contributed by atoms with van der Waals surface area (Å²) >= 11 is 0. The van der Waals surface area contributed by atoms with Crippen LogP contribution in [0.1, 0.15) is 39.9 Å². The van der Waals surface area contributed by atoms with Gasteiger partial charge < -0.3 is 9.47 Å². The molecular weight excluding hydrogens is 388 g/mol. The molecule has 2 aromatic rings. The number of nitrogens with zero attached hydrogens (tertiary/aromatic N) is 4. The van der Waals surface area contributed by atoms with Gasteiger partial charge in [-0.2, -0.15) is 0 Å². The summed E-state index contributed by atoms with van der Waals surface area (Å²) in [6.45, 7) is 9.98. The zero-order valence-electron chi connectivity index (χ0n) is 18.6. The van der Waals surface area contributed by atoms with Crippen molar-refractivity contribution >= 4 is 27.0 Å². The van der Waals surface area contributed by atoms with Crippen LogP contribution < -0.4 is 0 Å². The maximum absolute atomic E-state index is 12.8. The van der Waals surface area contributed by atoms with E-state index in [4.69, 9.17) is 0 Å². The van der Waals surface area contributed by atoms with Crippen LogP contribution in [0.25, 0.3) is 11.0 Å². The highest BCUT2D eigenvalue weighted by atomic mass is 32.2. The van der Waals surface area contributed by atoms with Crippen LogP contribution in [0.4, 0.5) is 0 Å². The van der Waals surface area contributed by atoms with Gasteiger partial charge in [0.05, 0.1) is 15.9 Å². The summed E-state index contributed by atoms with van der Waals surface area (Å²) in [6.07, 6.45) is 0.909. The van der Waals surface area contributed by atoms with E-state index in [0.717, 1.165) is 24.4 Å². The van der Waals surface area contributed by atoms with Gasteiger partial charge in [-0.15, -0.1) is 0 Å². The molecule has 1 aromatic heterocycles. The lowest BCUT2D eigenvalue weighted by Gasteiger charge is -2.26. The molecule has 1 amide bonds. The molecule has 7 nitrogen and oxygen atoms in total. The fourth-order valence-corrected chi connectivity index (χ4v) is 4.28. The van der Waals surface area contributed by atoms with Crippen LogP contribution >= 0.6 is 0 Å². The molecule has 0 atom stereocenters. The summed E-state index contributed by atoms with van der Waals surface area (Å²) in [5.74, 6) is 1.76. The van der Waals surface area contributed by atoms with Gasteiger partial charge in [0, 0.05) is 47.1 Å². The van der Waals surface area contributed by atoms with Crippen molar-refractivity contribution in [3.8, 4) is 0 Å². The van der Waals surface area contributed by atoms with E-state index < -0.39 is 10.0 Å². The first-order valence-electron chi connectivity index (χ1n) is 10.1. The number of benzene rings is 1. The summed E-state index contributed by atoms with van der Waals surface area (Å²) < 4.78 is 27.9. The van der Waals surface area contributed by atoms with E-state index in [1.54, 1.807) is 18.2 Å². The molecule has 0 unspecified atom stereocenters. The monoisotopic (exact) mass is 422 g/mol. The van der Waals surface area contributed by atoms with Crippen molar-refractivity contribution in [3.05, 3.63) is 24.0 Å². The molecule has 0 aliphatic carbocycles. The molecule has 0 aliphatic rings. The Morgan fingerprint density at radius 2 is 1.69 bits per heavy atom. The smallest absolute Gasteiger partial charge is 0.242 e. The first-order chi connectivity index (χ1) is 13.4. The topological polar surface area (TPSA) is 75.5 Å². The lowest BCUT2D eigenvalue weighted by molar-refractivity contribution is -0.132. The van der Waals surface area contributed by atoms with Crippen molar-refractivity contribution in [3.63, 3.8) is 0 Å². The Morgan fingerprint density at radius 3 is 2.21 bits per heavy atom. The number of aryl methyl sites for hydroxylation is 2. The average Bonchev–Trinajstić information content (AvgIpc) is 2.93. The van der Waals surface area contributed by atoms with Gasteiger partial charge >= 0.3 is 0 Å². The van der Waals surface area contributed by atoms with Crippen molar-refractivity contribution in [2.75, 3.05) is 27.2 Å². The Balaban J connectivity index is 2.21. The molecule has 162 valence electrons. The fourth-order valence-electron chi connectivity index (χ4n) is 3.36. The molecular formula is C21H34N4O3S. The molecule has 1 aromatic carbocycles. The number of hydrogen-bond donors (Lipinski definition) is 0. The van der Waals surface area contributed by atoms with Crippen molar-refractivity contribution in [2.24, 2.45) is 18.9 Å². The summed E-state index contributed by atoms with van der Waals surface area (Å²) in [5, 5.41) is 0. The van der Waals surface area contributed by atoms with Crippen molar-refractivity contribution < 1.29 is 13.2 Å². The summed E-state index contributed by atoms with van der Waals surface area (Å²) in [7, 11) is 1.41. The number of sulfonamides is 1. The minimum Gasteiger partial charge on any atom is -0.342 e. The normalized spacial score (nSPS) is 12.5. The van der Waals surface area contributed by atoms with Crippen LogP contribution in [-0.4, -0.2) is 60.3 Å². The summed E-state index contributed by atoms with van der Waals surface area (Å²) in [4.78, 5) is 19.5. The van der Waals surface area contributed by atoms with Crippen LogP contribution in [0.15, 0.2) is 23.1 Å². The average molecular weight is 423 g/mol. The molecule has 0 N–H and O–H groups in total. The van der Waals surface area contributed by atoms with E-state index >= 15 is 0 Å². The quantitative estimate of drug-likeness (QED) is 0.623. The third kappa shape index (κ3) is 5.57. The van der Waals surface area contributed by atoms with Gasteiger partial charge in [0.25, 0.3) is 0 Å². The highest BCUT2D eigenvalue weighted by Crippen LogP contribution is 2.22. The number of amides is 1. The zero-order chi connectivity index (χ0) is 21.9. The second kappa shape index (κ2) is 9.26. The number of carbonyl (C=O) groups is 1. The molecule has 1 heterocycles. The maximum atomic E-state index is 12.8. The largest absolute Gasteiger partial charge is 0.342 e. The summed E-state index contributed by atoms with van der Waals surface area (Å²) in [6, 6.07) is 4.97. The van der Waals surface area contributed by atoms with Gasteiger partial charge in [-0.1, -0.05) is 27.7 Å². The second-order valence-electron chi connectivity index (χ2n) is 8.61. The maximum Gasteiger partial charge on any atom is 0.242 e. The number of hydrogen-bond acceptors (Lipinski definition) is 4. The number of carbonyl (C=O) groups excluding carboxylic acids is 1. The number of imidazole rings is 1. The Morgan fingerprint density at radius 1 is 1.10 bits per heavy atom. The fraction of sp³-hybridized carbons (Fsp3) is 0.619. The minimum atomic E-state index is -3.51. The van der Waals surface area contributed by atoms with E-state index in [1.807, 2.05) is 16.5 Å². The van der Waals surface area contributed by atoms with Gasteiger partial charge in [0.15, 0.2) is 0 Å². The highest BCUT2D eigenvalue weighted by Gasteiger charge is 2.20. The lowest BCUT2D eigenvalue weighted by Crippen LogP contribution is -2.37. The van der Waals surface area contributed by atoms with E-state index in [9.17, 15) is 13.2 Å². The Hall–Kier alpha value is -1.93. The molecule has 0 saturated heterocycles. The van der Waals surface area contributed by atoms with Crippen LogP contribution in [0.2, 0.25) is 0 Å². The standard InChI is InChI=1S/C21H34N4O3S/c1-15(2)13-25(14-16(3)4)21(26)11-10-20-22-18-12-17(29(27,28)23(5)6)8-9-19(18)24(20)7/h8-9,12,15-16H,10-11,13-14H2,1-7H3. The Labute approximate surface area is 174 Å². The van der Waals surface area contributed by atoms with Gasteiger partial charge in [-0.25, -0.2) is 17.7 Å². The second-order valence-corrected chi connectivity index (χ2v) is 10.8. The predicted octanol–water partition coefficient (Wildman–Crippen LogP) is 2.90. The SMILES string of the molecule is CC(C)CN(CC(C)C)C(=O)CCc1nc2cc(S(=O)(=O)N(C)C)ccc2n1C. The molecule has 0 fully saturated rings. The van der Waals surface area contributed by atoms with Crippen LogP contribution in [0.3, 0.4) is 0 Å². The number of aromatic nitrogens is 2. The van der Waals surface area contributed by atoms with E-state index in [1.165, 1.54) is 18.4 Å². The third-order valence-corrected chi connectivity index (χ3v) is 6.62. The first-order valence-corrected chi connectivity index (χ1v) is 11.5. The Bertz CT molecular complexity index is 952. The molecule has 29 heavy (non-hydrogen) atoms. The third-order valence-electron chi connectivity index (χ3n) is 4.81. The molecule has 0 spiro atoms. The van der Waals surface area contributed by atoms with Crippen molar-refractivity contribution in [1.29, 1.82) is 0 Å². The zero-order valence-corrected chi connectivity index (χ0v) is 19.5. The van der Waals surface area contributed by atoms with Gasteiger partial charge in [-0.05, 0) is 30.0 Å². The van der Waals surface area contributed by atoms with Gasteiger partial charge in [0.1, 0.15) is 5.82 Å². The molecule has 0 saturated carbocycles. The molecule has 0 aliphatic heterocycles. The van der Waals surface area contributed by atoms with Gasteiger partial charge in [0.2, 0.25) is 15.9 Å². The first kappa shape index (κ1) is 23.3. The summed E-state index contributed by atoms with van der Waals surface area (Å²) in [5.41, 5.74) is 1.48.